The molecular weight excluding hydrogens is 266 g/mol. The number of nitrogens with one attached hydrogen (secondary N) is 1. The van der Waals surface area contributed by atoms with E-state index in [4.69, 9.17) is 0 Å². The molecule has 108 valence electrons. The normalized spacial score (nSPS) is 13.0. The number of amides is 1. The maximum absolute atomic E-state index is 11.9. The standard InChI is InChI=1S/C16H17N3O2/c20-15-11-13-7-4-8-14(13)18-19(15)10-9-17-16(21)12-5-2-1-3-6-12/h1-3,5-6,11H,4,7-10H2,(H,17,21). The molecule has 1 aromatic heterocycles. The maximum Gasteiger partial charge on any atom is 0.267 e. The first kappa shape index (κ1) is 13.5. The SMILES string of the molecule is O=C(NCCn1nc2c(cc1=O)CCC2)c1ccccc1. The highest BCUT2D eigenvalue weighted by atomic mass is 16.1. The molecule has 1 N–H and O–H groups in total. The average Bonchev–Trinajstić information content (AvgIpc) is 2.95. The van der Waals surface area contributed by atoms with Gasteiger partial charge >= 0.3 is 0 Å². The Kier molecular flexibility index (Phi) is 3.81. The molecule has 2 aromatic rings. The lowest BCUT2D eigenvalue weighted by Crippen LogP contribution is -2.32. The lowest BCUT2D eigenvalue weighted by Gasteiger charge is -2.08. The molecule has 1 aliphatic rings. The van der Waals surface area contributed by atoms with Crippen LogP contribution in [0.3, 0.4) is 0 Å². The minimum atomic E-state index is -0.134. The molecule has 21 heavy (non-hydrogen) atoms. The fourth-order valence-electron chi connectivity index (χ4n) is 2.57. The Hall–Kier alpha value is -2.43. The molecule has 0 unspecified atom stereocenters. The quantitative estimate of drug-likeness (QED) is 0.916. The van der Waals surface area contributed by atoms with Crippen molar-refractivity contribution < 1.29 is 4.79 Å². The van der Waals surface area contributed by atoms with Gasteiger partial charge in [0.2, 0.25) is 0 Å². The van der Waals surface area contributed by atoms with E-state index in [0.717, 1.165) is 30.5 Å². The first-order valence-corrected chi connectivity index (χ1v) is 7.17. The number of benzene rings is 1. The third-order valence-electron chi connectivity index (χ3n) is 3.67. The Morgan fingerprint density at radius 2 is 2.05 bits per heavy atom. The molecule has 0 fully saturated rings. The highest BCUT2D eigenvalue weighted by molar-refractivity contribution is 5.94. The van der Waals surface area contributed by atoms with Gasteiger partial charge in [0.15, 0.2) is 0 Å². The van der Waals surface area contributed by atoms with E-state index in [-0.39, 0.29) is 11.5 Å². The van der Waals surface area contributed by atoms with Gasteiger partial charge in [-0.05, 0) is 37.0 Å². The minimum absolute atomic E-state index is 0.0930. The smallest absolute Gasteiger partial charge is 0.267 e. The van der Waals surface area contributed by atoms with Crippen molar-refractivity contribution in [3.05, 3.63) is 63.6 Å². The molecule has 3 rings (SSSR count). The molecule has 0 saturated carbocycles. The number of hydrogen-bond donors (Lipinski definition) is 1. The van der Waals surface area contributed by atoms with E-state index in [1.165, 1.54) is 4.68 Å². The summed E-state index contributed by atoms with van der Waals surface area (Å²) in [6.07, 6.45) is 2.95. The zero-order valence-corrected chi connectivity index (χ0v) is 11.7. The number of aromatic nitrogens is 2. The molecule has 1 aliphatic carbocycles. The van der Waals surface area contributed by atoms with Crippen molar-refractivity contribution in [1.29, 1.82) is 0 Å². The molecule has 5 heteroatoms. The minimum Gasteiger partial charge on any atom is -0.350 e. The Labute approximate surface area is 122 Å². The van der Waals surface area contributed by atoms with Crippen LogP contribution >= 0.6 is 0 Å². The lowest BCUT2D eigenvalue weighted by atomic mass is 10.2. The largest absolute Gasteiger partial charge is 0.350 e. The highest BCUT2D eigenvalue weighted by Gasteiger charge is 2.14. The number of rotatable bonds is 4. The topological polar surface area (TPSA) is 64.0 Å². The van der Waals surface area contributed by atoms with Crippen molar-refractivity contribution in [2.45, 2.75) is 25.8 Å². The molecule has 1 aromatic carbocycles. The Morgan fingerprint density at radius 3 is 2.86 bits per heavy atom. The summed E-state index contributed by atoms with van der Waals surface area (Å²) in [4.78, 5) is 23.8. The summed E-state index contributed by atoms with van der Waals surface area (Å²) >= 11 is 0. The van der Waals surface area contributed by atoms with Crippen LogP contribution in [0, 0.1) is 0 Å². The molecule has 0 spiro atoms. The van der Waals surface area contributed by atoms with Gasteiger partial charge in [0.1, 0.15) is 0 Å². The highest BCUT2D eigenvalue weighted by Crippen LogP contribution is 2.16. The lowest BCUT2D eigenvalue weighted by molar-refractivity contribution is 0.0951. The summed E-state index contributed by atoms with van der Waals surface area (Å²) in [6.45, 7) is 0.782. The van der Waals surface area contributed by atoms with E-state index < -0.39 is 0 Å². The Balaban J connectivity index is 1.61. The van der Waals surface area contributed by atoms with Crippen molar-refractivity contribution >= 4 is 5.91 Å². The van der Waals surface area contributed by atoms with Crippen LogP contribution in [0.25, 0.3) is 0 Å². The van der Waals surface area contributed by atoms with Crippen LogP contribution in [0.2, 0.25) is 0 Å². The van der Waals surface area contributed by atoms with Crippen LogP contribution in [-0.2, 0) is 19.4 Å². The van der Waals surface area contributed by atoms with Gasteiger partial charge in [0.05, 0.1) is 12.2 Å². The molecule has 0 saturated heterocycles. The molecule has 0 radical (unpaired) electrons. The van der Waals surface area contributed by atoms with Crippen LogP contribution < -0.4 is 10.9 Å². The number of nitrogens with zero attached hydrogens (tertiary/aromatic N) is 2. The van der Waals surface area contributed by atoms with Gasteiger partial charge in [-0.25, -0.2) is 4.68 Å². The Bertz CT molecular complexity index is 707. The second-order valence-corrected chi connectivity index (χ2v) is 5.15. The summed E-state index contributed by atoms with van der Waals surface area (Å²) < 4.78 is 1.44. The van der Waals surface area contributed by atoms with E-state index in [0.29, 0.717) is 18.7 Å². The summed E-state index contributed by atoms with van der Waals surface area (Å²) in [5, 5.41) is 7.18. The molecular formula is C16H17N3O2. The van der Waals surface area contributed by atoms with E-state index in [2.05, 4.69) is 10.4 Å². The van der Waals surface area contributed by atoms with Gasteiger partial charge in [0, 0.05) is 18.2 Å². The van der Waals surface area contributed by atoms with Crippen LogP contribution in [-0.4, -0.2) is 22.2 Å². The summed E-state index contributed by atoms with van der Waals surface area (Å²) in [5.41, 5.74) is 2.62. The third kappa shape index (κ3) is 3.02. The fraction of sp³-hybridized carbons (Fsp3) is 0.312. The molecule has 1 amide bonds. The van der Waals surface area contributed by atoms with Gasteiger partial charge in [-0.2, -0.15) is 5.10 Å². The Morgan fingerprint density at radius 1 is 1.24 bits per heavy atom. The zero-order chi connectivity index (χ0) is 14.7. The molecule has 0 atom stereocenters. The van der Waals surface area contributed by atoms with Gasteiger partial charge in [-0.15, -0.1) is 0 Å². The molecule has 0 aliphatic heterocycles. The monoisotopic (exact) mass is 283 g/mol. The van der Waals surface area contributed by atoms with Crippen LogP contribution in [0.4, 0.5) is 0 Å². The number of aryl methyl sites for hydroxylation is 2. The van der Waals surface area contributed by atoms with E-state index in [1.807, 2.05) is 18.2 Å². The second-order valence-electron chi connectivity index (χ2n) is 5.15. The van der Waals surface area contributed by atoms with Gasteiger partial charge < -0.3 is 5.32 Å². The number of carbonyl (C=O) groups excluding carboxylic acids is 1. The summed E-state index contributed by atoms with van der Waals surface area (Å²) in [5.74, 6) is -0.134. The van der Waals surface area contributed by atoms with Gasteiger partial charge in [-0.3, -0.25) is 9.59 Å². The predicted octanol–water partition coefficient (Wildman–Crippen LogP) is 1.16. The number of fused-ring (bicyclic) bond motifs is 1. The molecule has 0 bridgehead atoms. The third-order valence-corrected chi connectivity index (χ3v) is 3.67. The first-order chi connectivity index (χ1) is 10.2. The van der Waals surface area contributed by atoms with E-state index in [9.17, 15) is 9.59 Å². The molecule has 1 heterocycles. The first-order valence-electron chi connectivity index (χ1n) is 7.17. The van der Waals surface area contributed by atoms with E-state index >= 15 is 0 Å². The predicted molar refractivity (Wildman–Crippen MR) is 79.3 cm³/mol. The second kappa shape index (κ2) is 5.91. The van der Waals surface area contributed by atoms with Crippen molar-refractivity contribution in [1.82, 2.24) is 15.1 Å². The molecule has 5 nitrogen and oxygen atoms in total. The fourth-order valence-corrected chi connectivity index (χ4v) is 2.57. The zero-order valence-electron chi connectivity index (χ0n) is 11.7. The van der Waals surface area contributed by atoms with Crippen molar-refractivity contribution in [2.24, 2.45) is 0 Å². The summed E-state index contributed by atoms with van der Waals surface area (Å²) in [7, 11) is 0. The number of hydrogen-bond acceptors (Lipinski definition) is 3. The van der Waals surface area contributed by atoms with Crippen LogP contribution in [0.15, 0.2) is 41.2 Å². The van der Waals surface area contributed by atoms with Crippen molar-refractivity contribution in [3.8, 4) is 0 Å². The average molecular weight is 283 g/mol. The van der Waals surface area contributed by atoms with Crippen LogP contribution in [0.5, 0.6) is 0 Å². The van der Waals surface area contributed by atoms with Gasteiger partial charge in [0.25, 0.3) is 11.5 Å². The van der Waals surface area contributed by atoms with Crippen LogP contribution in [0.1, 0.15) is 28.0 Å². The van der Waals surface area contributed by atoms with Gasteiger partial charge in [-0.1, -0.05) is 18.2 Å². The van der Waals surface area contributed by atoms with Crippen molar-refractivity contribution in [2.75, 3.05) is 6.54 Å². The number of carbonyl (C=O) groups is 1. The maximum atomic E-state index is 11.9. The summed E-state index contributed by atoms with van der Waals surface area (Å²) in [6, 6.07) is 10.7. The van der Waals surface area contributed by atoms with E-state index in [1.54, 1.807) is 18.2 Å². The van der Waals surface area contributed by atoms with Crippen molar-refractivity contribution in [3.63, 3.8) is 0 Å².